The maximum absolute atomic E-state index is 12.4. The molecular formula is C21H21NO3. The molecule has 0 aliphatic carbocycles. The van der Waals surface area contributed by atoms with Crippen LogP contribution in [-0.4, -0.2) is 20.1 Å². The number of hydrogen-bond donors (Lipinski definition) is 1. The van der Waals surface area contributed by atoms with E-state index in [1.807, 2.05) is 18.2 Å². The summed E-state index contributed by atoms with van der Waals surface area (Å²) in [6.45, 7) is 0. The smallest absolute Gasteiger partial charge is 0.224 e. The van der Waals surface area contributed by atoms with E-state index in [1.165, 1.54) is 16.3 Å². The third kappa shape index (κ3) is 3.91. The molecule has 4 heteroatoms. The largest absolute Gasteiger partial charge is 0.497 e. The number of anilines is 1. The Labute approximate surface area is 147 Å². The number of benzene rings is 3. The Kier molecular flexibility index (Phi) is 5.19. The number of carbonyl (C=O) groups is 1. The molecule has 0 bridgehead atoms. The van der Waals surface area contributed by atoms with Crippen LogP contribution in [0, 0.1) is 0 Å². The molecule has 0 radical (unpaired) electrons. The van der Waals surface area contributed by atoms with Gasteiger partial charge >= 0.3 is 0 Å². The van der Waals surface area contributed by atoms with Crippen molar-refractivity contribution in [1.82, 2.24) is 0 Å². The van der Waals surface area contributed by atoms with E-state index in [9.17, 15) is 4.79 Å². The summed E-state index contributed by atoms with van der Waals surface area (Å²) in [6.07, 6.45) is 1.08. The van der Waals surface area contributed by atoms with E-state index in [0.29, 0.717) is 30.0 Å². The van der Waals surface area contributed by atoms with Crippen molar-refractivity contribution >= 4 is 22.4 Å². The van der Waals surface area contributed by atoms with Gasteiger partial charge in [-0.2, -0.15) is 0 Å². The number of hydrogen-bond acceptors (Lipinski definition) is 3. The van der Waals surface area contributed by atoms with Gasteiger partial charge in [0.15, 0.2) is 0 Å². The van der Waals surface area contributed by atoms with Crippen molar-refractivity contribution in [1.29, 1.82) is 0 Å². The second-order valence-electron chi connectivity index (χ2n) is 5.75. The van der Waals surface area contributed by atoms with E-state index in [0.717, 1.165) is 0 Å². The van der Waals surface area contributed by atoms with Crippen LogP contribution in [0.5, 0.6) is 11.5 Å². The Morgan fingerprint density at radius 1 is 0.960 bits per heavy atom. The summed E-state index contributed by atoms with van der Waals surface area (Å²) in [5, 5.41) is 5.29. The number of nitrogens with one attached hydrogen (secondary N) is 1. The van der Waals surface area contributed by atoms with Gasteiger partial charge in [0.25, 0.3) is 0 Å². The normalized spacial score (nSPS) is 10.5. The molecule has 0 saturated carbocycles. The van der Waals surface area contributed by atoms with Crippen molar-refractivity contribution in [3.8, 4) is 11.5 Å². The standard InChI is InChI=1S/C21H21NO3/c1-24-17-11-12-20(25-2)19(14-17)22-21(23)13-10-16-8-5-7-15-6-3-4-9-18(15)16/h3-9,11-12,14H,10,13H2,1-2H3,(H,22,23). The molecule has 3 aromatic rings. The molecule has 3 aromatic carbocycles. The highest BCUT2D eigenvalue weighted by Gasteiger charge is 2.10. The molecular weight excluding hydrogens is 314 g/mol. The van der Waals surface area contributed by atoms with Crippen LogP contribution in [0.4, 0.5) is 5.69 Å². The Bertz CT molecular complexity index is 884. The van der Waals surface area contributed by atoms with Crippen molar-refractivity contribution in [3.63, 3.8) is 0 Å². The fourth-order valence-electron chi connectivity index (χ4n) is 2.88. The van der Waals surface area contributed by atoms with Gasteiger partial charge in [0.1, 0.15) is 11.5 Å². The average molecular weight is 335 g/mol. The molecule has 0 aliphatic rings. The van der Waals surface area contributed by atoms with Gasteiger partial charge in [-0.1, -0.05) is 42.5 Å². The van der Waals surface area contributed by atoms with Crippen LogP contribution < -0.4 is 14.8 Å². The van der Waals surface area contributed by atoms with Crippen molar-refractivity contribution in [3.05, 3.63) is 66.2 Å². The van der Waals surface area contributed by atoms with Gasteiger partial charge < -0.3 is 14.8 Å². The first-order chi connectivity index (χ1) is 12.2. The monoisotopic (exact) mass is 335 g/mol. The molecule has 128 valence electrons. The summed E-state index contributed by atoms with van der Waals surface area (Å²) in [5.41, 5.74) is 1.79. The first kappa shape index (κ1) is 16.8. The highest BCUT2D eigenvalue weighted by molar-refractivity contribution is 5.93. The summed E-state index contributed by atoms with van der Waals surface area (Å²) in [4.78, 5) is 12.4. The zero-order valence-corrected chi connectivity index (χ0v) is 14.4. The van der Waals surface area contributed by atoms with Crippen molar-refractivity contribution in [2.24, 2.45) is 0 Å². The highest BCUT2D eigenvalue weighted by atomic mass is 16.5. The van der Waals surface area contributed by atoms with Crippen LogP contribution in [0.2, 0.25) is 0 Å². The molecule has 25 heavy (non-hydrogen) atoms. The number of methoxy groups -OCH3 is 2. The van der Waals surface area contributed by atoms with E-state index in [4.69, 9.17) is 9.47 Å². The number of rotatable bonds is 6. The maximum atomic E-state index is 12.4. The SMILES string of the molecule is COc1ccc(OC)c(NC(=O)CCc2cccc3ccccc23)c1. The molecule has 0 aliphatic heterocycles. The van der Waals surface area contributed by atoms with E-state index in [1.54, 1.807) is 32.4 Å². The highest BCUT2D eigenvalue weighted by Crippen LogP contribution is 2.29. The fraction of sp³-hybridized carbons (Fsp3) is 0.190. The zero-order valence-electron chi connectivity index (χ0n) is 14.4. The lowest BCUT2D eigenvalue weighted by Gasteiger charge is -2.12. The molecule has 0 aromatic heterocycles. The van der Waals surface area contributed by atoms with E-state index >= 15 is 0 Å². The third-order valence-electron chi connectivity index (χ3n) is 4.18. The van der Waals surface area contributed by atoms with Gasteiger partial charge in [0.2, 0.25) is 5.91 Å². The van der Waals surface area contributed by atoms with Crippen LogP contribution in [0.25, 0.3) is 10.8 Å². The Hall–Kier alpha value is -3.01. The molecule has 3 rings (SSSR count). The summed E-state index contributed by atoms with van der Waals surface area (Å²) < 4.78 is 10.5. The Morgan fingerprint density at radius 2 is 1.76 bits per heavy atom. The minimum atomic E-state index is -0.0560. The second-order valence-corrected chi connectivity index (χ2v) is 5.75. The minimum Gasteiger partial charge on any atom is -0.497 e. The Balaban J connectivity index is 1.71. The lowest BCUT2D eigenvalue weighted by atomic mass is 10.0. The van der Waals surface area contributed by atoms with Crippen LogP contribution in [0.15, 0.2) is 60.7 Å². The first-order valence-electron chi connectivity index (χ1n) is 8.20. The molecule has 0 saturated heterocycles. The fourth-order valence-corrected chi connectivity index (χ4v) is 2.88. The maximum Gasteiger partial charge on any atom is 0.224 e. The summed E-state index contributed by atoms with van der Waals surface area (Å²) >= 11 is 0. The van der Waals surface area contributed by atoms with E-state index in [2.05, 4.69) is 29.6 Å². The predicted molar refractivity (Wildman–Crippen MR) is 100 cm³/mol. The van der Waals surface area contributed by atoms with Gasteiger partial charge in [0.05, 0.1) is 19.9 Å². The number of fused-ring (bicyclic) bond motifs is 1. The summed E-state index contributed by atoms with van der Waals surface area (Å²) in [6, 6.07) is 19.7. The lowest BCUT2D eigenvalue weighted by Crippen LogP contribution is -2.13. The van der Waals surface area contributed by atoms with Crippen molar-refractivity contribution in [2.45, 2.75) is 12.8 Å². The summed E-state index contributed by atoms with van der Waals surface area (Å²) in [5.74, 6) is 1.23. The zero-order chi connectivity index (χ0) is 17.6. The Morgan fingerprint density at radius 3 is 2.56 bits per heavy atom. The number of amides is 1. The number of ether oxygens (including phenoxy) is 2. The molecule has 0 atom stereocenters. The van der Waals surface area contributed by atoms with Gasteiger partial charge in [-0.05, 0) is 34.9 Å². The third-order valence-corrected chi connectivity index (χ3v) is 4.18. The number of aryl methyl sites for hydroxylation is 1. The van der Waals surface area contributed by atoms with Gasteiger partial charge in [0, 0.05) is 12.5 Å². The van der Waals surface area contributed by atoms with Gasteiger partial charge in [-0.15, -0.1) is 0 Å². The van der Waals surface area contributed by atoms with E-state index < -0.39 is 0 Å². The van der Waals surface area contributed by atoms with Crippen LogP contribution in [0.1, 0.15) is 12.0 Å². The second kappa shape index (κ2) is 7.71. The molecule has 0 fully saturated rings. The summed E-state index contributed by atoms with van der Waals surface area (Å²) in [7, 11) is 3.17. The first-order valence-corrected chi connectivity index (χ1v) is 8.20. The lowest BCUT2D eigenvalue weighted by molar-refractivity contribution is -0.116. The van der Waals surface area contributed by atoms with Crippen molar-refractivity contribution < 1.29 is 14.3 Å². The van der Waals surface area contributed by atoms with Crippen LogP contribution in [0.3, 0.4) is 0 Å². The average Bonchev–Trinajstić information content (AvgIpc) is 2.66. The van der Waals surface area contributed by atoms with Crippen molar-refractivity contribution in [2.75, 3.05) is 19.5 Å². The van der Waals surface area contributed by atoms with E-state index in [-0.39, 0.29) is 5.91 Å². The number of carbonyl (C=O) groups excluding carboxylic acids is 1. The molecule has 0 spiro atoms. The van der Waals surface area contributed by atoms with Crippen LogP contribution in [-0.2, 0) is 11.2 Å². The molecule has 0 unspecified atom stereocenters. The molecule has 4 nitrogen and oxygen atoms in total. The molecule has 1 amide bonds. The van der Waals surface area contributed by atoms with Crippen LogP contribution >= 0.6 is 0 Å². The minimum absolute atomic E-state index is 0.0560. The molecule has 1 N–H and O–H groups in total. The van der Waals surface area contributed by atoms with Gasteiger partial charge in [-0.25, -0.2) is 0 Å². The molecule has 0 heterocycles. The predicted octanol–water partition coefficient (Wildman–Crippen LogP) is 4.43. The quantitative estimate of drug-likeness (QED) is 0.725. The topological polar surface area (TPSA) is 47.6 Å². The van der Waals surface area contributed by atoms with Gasteiger partial charge in [-0.3, -0.25) is 4.79 Å².